The summed E-state index contributed by atoms with van der Waals surface area (Å²) in [6.07, 6.45) is 5.98. The Morgan fingerprint density at radius 2 is 2.00 bits per heavy atom. The van der Waals surface area contributed by atoms with Crippen molar-refractivity contribution in [3.63, 3.8) is 0 Å². The highest BCUT2D eigenvalue weighted by Gasteiger charge is 2.23. The van der Waals surface area contributed by atoms with Crippen LogP contribution in [-0.4, -0.2) is 48.5 Å². The highest BCUT2D eigenvalue weighted by Crippen LogP contribution is 2.21. The minimum absolute atomic E-state index is 0.168. The largest absolute Gasteiger partial charge is 0.342 e. The highest BCUT2D eigenvalue weighted by molar-refractivity contribution is 5.79. The Morgan fingerprint density at radius 3 is 2.70 bits per heavy atom. The van der Waals surface area contributed by atoms with E-state index in [0.29, 0.717) is 23.9 Å². The molecule has 3 aromatic heterocycles. The fraction of sp³-hybridized carbons (Fsp3) is 0.450. The molecule has 0 aliphatic carbocycles. The molecule has 4 rings (SSSR count). The van der Waals surface area contributed by atoms with Crippen LogP contribution in [0.3, 0.4) is 0 Å². The number of carbonyl (C=O) groups is 1. The normalized spacial score (nSPS) is 15.4. The third-order valence-electron chi connectivity index (χ3n) is 5.43. The second-order valence-electron chi connectivity index (χ2n) is 7.39. The molecule has 1 fully saturated rings. The lowest BCUT2D eigenvalue weighted by atomic mass is 9.98. The van der Waals surface area contributed by atoms with E-state index < -0.39 is 0 Å². The Labute approximate surface area is 158 Å². The van der Waals surface area contributed by atoms with Crippen molar-refractivity contribution in [3.05, 3.63) is 41.5 Å². The minimum Gasteiger partial charge on any atom is -0.342 e. The van der Waals surface area contributed by atoms with Crippen LogP contribution in [-0.2, 0) is 11.2 Å². The van der Waals surface area contributed by atoms with Crippen molar-refractivity contribution in [1.82, 2.24) is 29.5 Å². The lowest BCUT2D eigenvalue weighted by molar-refractivity contribution is -0.131. The van der Waals surface area contributed by atoms with Crippen LogP contribution in [0.25, 0.3) is 17.2 Å². The lowest BCUT2D eigenvalue weighted by Gasteiger charge is -2.30. The van der Waals surface area contributed by atoms with Gasteiger partial charge in [0.1, 0.15) is 0 Å². The third kappa shape index (κ3) is 3.41. The number of piperidine rings is 1. The fourth-order valence-electron chi connectivity index (χ4n) is 3.60. The Balaban J connectivity index is 1.64. The van der Waals surface area contributed by atoms with Crippen molar-refractivity contribution >= 4 is 11.7 Å². The standard InChI is InChI=1S/C20H24N6O/c1-13-6-9-25(10-7-13)18(27)11-17-14(2)22-20-23-19(24-26(20)15(17)3)16-5-4-8-21-12-16/h4-5,8,12-13H,6-7,9-11H2,1-3H3. The number of nitrogens with zero attached hydrogens (tertiary/aromatic N) is 6. The van der Waals surface area contributed by atoms with Gasteiger partial charge in [-0.1, -0.05) is 6.92 Å². The first-order chi connectivity index (χ1) is 13.0. The van der Waals surface area contributed by atoms with Crippen LogP contribution in [0, 0.1) is 19.8 Å². The molecule has 140 valence electrons. The van der Waals surface area contributed by atoms with Gasteiger partial charge in [0.2, 0.25) is 5.91 Å². The number of likely N-dealkylation sites (tertiary alicyclic amines) is 1. The second-order valence-corrected chi connectivity index (χ2v) is 7.39. The highest BCUT2D eigenvalue weighted by atomic mass is 16.2. The van der Waals surface area contributed by atoms with Crippen molar-refractivity contribution in [2.24, 2.45) is 5.92 Å². The summed E-state index contributed by atoms with van der Waals surface area (Å²) in [5.74, 6) is 2.01. The van der Waals surface area contributed by atoms with Gasteiger partial charge in [0.25, 0.3) is 5.78 Å². The number of carbonyl (C=O) groups excluding carboxylic acids is 1. The predicted molar refractivity (Wildman–Crippen MR) is 102 cm³/mol. The molecule has 0 bridgehead atoms. The summed E-state index contributed by atoms with van der Waals surface area (Å²) in [5.41, 5.74) is 3.54. The van der Waals surface area contributed by atoms with Gasteiger partial charge in [0, 0.05) is 48.0 Å². The summed E-state index contributed by atoms with van der Waals surface area (Å²) < 4.78 is 1.73. The van der Waals surface area contributed by atoms with E-state index in [1.54, 1.807) is 16.9 Å². The van der Waals surface area contributed by atoms with E-state index in [-0.39, 0.29) is 5.91 Å². The molecule has 7 heteroatoms. The molecule has 1 amide bonds. The van der Waals surface area contributed by atoms with Crippen LogP contribution in [0.15, 0.2) is 24.5 Å². The summed E-state index contributed by atoms with van der Waals surface area (Å²) in [7, 11) is 0. The van der Waals surface area contributed by atoms with Crippen molar-refractivity contribution in [2.75, 3.05) is 13.1 Å². The summed E-state index contributed by atoms with van der Waals surface area (Å²) in [6, 6.07) is 3.78. The van der Waals surface area contributed by atoms with Crippen molar-refractivity contribution in [1.29, 1.82) is 0 Å². The molecule has 7 nitrogen and oxygen atoms in total. The summed E-state index contributed by atoms with van der Waals surface area (Å²) in [4.78, 5) is 28.0. The number of aryl methyl sites for hydroxylation is 2. The summed E-state index contributed by atoms with van der Waals surface area (Å²) >= 11 is 0. The van der Waals surface area contributed by atoms with E-state index in [1.165, 1.54) is 0 Å². The van der Waals surface area contributed by atoms with Crippen LogP contribution >= 0.6 is 0 Å². The maximum absolute atomic E-state index is 12.8. The molecule has 0 radical (unpaired) electrons. The van der Waals surface area contributed by atoms with Gasteiger partial charge in [-0.3, -0.25) is 9.78 Å². The first-order valence-electron chi connectivity index (χ1n) is 9.44. The van der Waals surface area contributed by atoms with Gasteiger partial charge >= 0.3 is 0 Å². The smallest absolute Gasteiger partial charge is 0.253 e. The first-order valence-corrected chi connectivity index (χ1v) is 9.44. The molecule has 27 heavy (non-hydrogen) atoms. The Hall–Kier alpha value is -2.83. The van der Waals surface area contributed by atoms with Gasteiger partial charge < -0.3 is 4.90 Å². The molecule has 1 aliphatic rings. The minimum atomic E-state index is 0.168. The van der Waals surface area contributed by atoms with Crippen LogP contribution < -0.4 is 0 Å². The number of hydrogen-bond donors (Lipinski definition) is 0. The van der Waals surface area contributed by atoms with Crippen LogP contribution in [0.2, 0.25) is 0 Å². The van der Waals surface area contributed by atoms with Crippen molar-refractivity contribution in [2.45, 2.75) is 40.0 Å². The molecule has 0 atom stereocenters. The Bertz CT molecular complexity index is 973. The molecule has 0 unspecified atom stereocenters. The number of aromatic nitrogens is 5. The zero-order valence-electron chi connectivity index (χ0n) is 16.0. The first kappa shape index (κ1) is 17.6. The average molecular weight is 364 g/mol. The quantitative estimate of drug-likeness (QED) is 0.714. The predicted octanol–water partition coefficient (Wildman–Crippen LogP) is 2.60. The van der Waals surface area contributed by atoms with E-state index >= 15 is 0 Å². The van der Waals surface area contributed by atoms with E-state index in [2.05, 4.69) is 27.0 Å². The number of hydrogen-bond acceptors (Lipinski definition) is 5. The van der Waals surface area contributed by atoms with Crippen molar-refractivity contribution < 1.29 is 4.79 Å². The summed E-state index contributed by atoms with van der Waals surface area (Å²) in [6.45, 7) is 7.86. The summed E-state index contributed by atoms with van der Waals surface area (Å²) in [5, 5.41) is 4.59. The van der Waals surface area contributed by atoms with E-state index in [0.717, 1.165) is 48.4 Å². The zero-order chi connectivity index (χ0) is 19.0. The molecule has 0 spiro atoms. The van der Waals surface area contributed by atoms with Gasteiger partial charge in [-0.2, -0.15) is 4.98 Å². The van der Waals surface area contributed by atoms with Crippen LogP contribution in [0.4, 0.5) is 0 Å². The van der Waals surface area contributed by atoms with Gasteiger partial charge in [-0.05, 0) is 44.7 Å². The molecule has 0 N–H and O–H groups in total. The van der Waals surface area contributed by atoms with Gasteiger partial charge in [0.15, 0.2) is 5.82 Å². The zero-order valence-corrected chi connectivity index (χ0v) is 16.0. The molecule has 0 saturated carbocycles. The average Bonchev–Trinajstić information content (AvgIpc) is 3.10. The number of amides is 1. The maximum atomic E-state index is 12.8. The molecule has 3 aromatic rings. The maximum Gasteiger partial charge on any atom is 0.253 e. The molecule has 1 saturated heterocycles. The Kier molecular flexibility index (Phi) is 4.59. The van der Waals surface area contributed by atoms with Gasteiger partial charge in [0.05, 0.1) is 6.42 Å². The molecule has 4 heterocycles. The Morgan fingerprint density at radius 1 is 1.22 bits per heavy atom. The second kappa shape index (κ2) is 7.06. The molecular weight excluding hydrogens is 340 g/mol. The molecule has 0 aromatic carbocycles. The lowest BCUT2D eigenvalue weighted by Crippen LogP contribution is -2.39. The monoisotopic (exact) mass is 364 g/mol. The van der Waals surface area contributed by atoms with E-state index in [4.69, 9.17) is 0 Å². The number of rotatable bonds is 3. The number of fused-ring (bicyclic) bond motifs is 1. The van der Waals surface area contributed by atoms with E-state index in [9.17, 15) is 4.79 Å². The fourth-order valence-corrected chi connectivity index (χ4v) is 3.60. The van der Waals surface area contributed by atoms with Crippen LogP contribution in [0.1, 0.15) is 36.7 Å². The molecule has 1 aliphatic heterocycles. The number of pyridine rings is 1. The van der Waals surface area contributed by atoms with Gasteiger partial charge in [-0.25, -0.2) is 9.50 Å². The topological polar surface area (TPSA) is 76.3 Å². The molecular formula is C20H24N6O. The SMILES string of the molecule is Cc1nc2nc(-c3cccnc3)nn2c(C)c1CC(=O)N1CCC(C)CC1. The third-order valence-corrected chi connectivity index (χ3v) is 5.43. The van der Waals surface area contributed by atoms with Crippen LogP contribution in [0.5, 0.6) is 0 Å². The van der Waals surface area contributed by atoms with E-state index in [1.807, 2.05) is 30.9 Å². The van der Waals surface area contributed by atoms with Crippen molar-refractivity contribution in [3.8, 4) is 11.4 Å². The van der Waals surface area contributed by atoms with Gasteiger partial charge in [-0.15, -0.1) is 5.10 Å².